The molecule has 0 bridgehead atoms. The Kier molecular flexibility index (Phi) is 5.52. The number of hydrogen-bond acceptors (Lipinski definition) is 8. The molecule has 7 nitrogen and oxygen atoms in total. The number of methoxy groups -OCH3 is 1. The number of amides is 1. The van der Waals surface area contributed by atoms with Crippen LogP contribution in [0.4, 0.5) is 10.3 Å². The van der Waals surface area contributed by atoms with Gasteiger partial charge in [0.2, 0.25) is 5.91 Å². The standard InChI is InChI=1S/C22H21N5O2S2/c1-29-16-6-7-17-19(10-16)31-22(25-17)27-9-3-5-15(12-27)20(28)26-21-24-18(13-30-21)14-4-2-8-23-11-14/h2,4,6-8,10-11,13,15H,3,5,9,12H2,1H3,(H,24,26,28). The molecule has 1 saturated heterocycles. The maximum Gasteiger partial charge on any atom is 0.231 e. The molecule has 1 unspecified atom stereocenters. The molecule has 1 aliphatic rings. The molecule has 0 radical (unpaired) electrons. The summed E-state index contributed by atoms with van der Waals surface area (Å²) in [5, 5.41) is 6.51. The lowest BCUT2D eigenvalue weighted by molar-refractivity contribution is -0.120. The van der Waals surface area contributed by atoms with Crippen LogP contribution < -0.4 is 15.0 Å². The van der Waals surface area contributed by atoms with Crippen molar-refractivity contribution >= 4 is 49.1 Å². The first-order valence-corrected chi connectivity index (χ1v) is 11.8. The van der Waals surface area contributed by atoms with Gasteiger partial charge in [0.1, 0.15) is 5.75 Å². The smallest absolute Gasteiger partial charge is 0.231 e. The first kappa shape index (κ1) is 19.9. The maximum absolute atomic E-state index is 12.9. The summed E-state index contributed by atoms with van der Waals surface area (Å²) in [6, 6.07) is 9.74. The summed E-state index contributed by atoms with van der Waals surface area (Å²) < 4.78 is 6.41. The van der Waals surface area contributed by atoms with Gasteiger partial charge in [-0.25, -0.2) is 9.97 Å². The van der Waals surface area contributed by atoms with Crippen molar-refractivity contribution in [2.24, 2.45) is 5.92 Å². The Labute approximate surface area is 187 Å². The number of pyridine rings is 1. The summed E-state index contributed by atoms with van der Waals surface area (Å²) in [5.41, 5.74) is 2.72. The van der Waals surface area contributed by atoms with Crippen LogP contribution in [0.1, 0.15) is 12.8 Å². The minimum Gasteiger partial charge on any atom is -0.497 e. The van der Waals surface area contributed by atoms with E-state index in [1.807, 2.05) is 35.7 Å². The zero-order valence-corrected chi connectivity index (χ0v) is 18.6. The fraction of sp³-hybridized carbons (Fsp3) is 0.273. The zero-order valence-electron chi connectivity index (χ0n) is 16.9. The number of fused-ring (bicyclic) bond motifs is 1. The largest absolute Gasteiger partial charge is 0.497 e. The summed E-state index contributed by atoms with van der Waals surface area (Å²) in [4.78, 5) is 28.6. The molecule has 1 amide bonds. The second-order valence-corrected chi connectivity index (χ2v) is 9.25. The Balaban J connectivity index is 1.27. The van der Waals surface area contributed by atoms with Crippen molar-refractivity contribution in [1.82, 2.24) is 15.0 Å². The molecule has 1 atom stereocenters. The number of nitrogens with zero attached hydrogens (tertiary/aromatic N) is 4. The lowest BCUT2D eigenvalue weighted by Gasteiger charge is -2.31. The summed E-state index contributed by atoms with van der Waals surface area (Å²) >= 11 is 3.07. The quantitative estimate of drug-likeness (QED) is 0.475. The molecule has 4 aromatic rings. The third-order valence-corrected chi connectivity index (χ3v) is 7.18. The van der Waals surface area contributed by atoms with Gasteiger partial charge in [-0.1, -0.05) is 11.3 Å². The number of carbonyl (C=O) groups is 1. The first-order chi connectivity index (χ1) is 15.2. The lowest BCUT2D eigenvalue weighted by Crippen LogP contribution is -2.40. The van der Waals surface area contributed by atoms with Crippen molar-refractivity contribution < 1.29 is 9.53 Å². The minimum atomic E-state index is -0.0963. The van der Waals surface area contributed by atoms with E-state index >= 15 is 0 Å². The van der Waals surface area contributed by atoms with Crippen molar-refractivity contribution in [3.8, 4) is 17.0 Å². The Bertz CT molecular complexity index is 1210. The Hall–Kier alpha value is -3.04. The van der Waals surface area contributed by atoms with Crippen LogP contribution in [0.25, 0.3) is 21.5 Å². The van der Waals surface area contributed by atoms with Crippen LogP contribution in [0.5, 0.6) is 5.75 Å². The molecule has 9 heteroatoms. The number of anilines is 2. The number of hydrogen-bond donors (Lipinski definition) is 1. The van der Waals surface area contributed by atoms with Gasteiger partial charge in [0, 0.05) is 36.4 Å². The highest BCUT2D eigenvalue weighted by molar-refractivity contribution is 7.22. The maximum atomic E-state index is 12.9. The van der Waals surface area contributed by atoms with Crippen molar-refractivity contribution in [3.63, 3.8) is 0 Å². The van der Waals surface area contributed by atoms with Gasteiger partial charge in [0.05, 0.1) is 28.9 Å². The second kappa shape index (κ2) is 8.60. The molecular weight excluding hydrogens is 430 g/mol. The molecule has 1 N–H and O–H groups in total. The highest BCUT2D eigenvalue weighted by atomic mass is 32.1. The van der Waals surface area contributed by atoms with E-state index in [9.17, 15) is 4.79 Å². The molecule has 1 aliphatic heterocycles. The van der Waals surface area contributed by atoms with E-state index in [2.05, 4.69) is 20.2 Å². The number of carbonyl (C=O) groups excluding carboxylic acids is 1. The van der Waals surface area contributed by atoms with Crippen LogP contribution in [0.15, 0.2) is 48.1 Å². The summed E-state index contributed by atoms with van der Waals surface area (Å²) in [7, 11) is 1.67. The van der Waals surface area contributed by atoms with E-state index in [0.717, 1.165) is 51.7 Å². The van der Waals surface area contributed by atoms with Crippen LogP contribution >= 0.6 is 22.7 Å². The van der Waals surface area contributed by atoms with E-state index in [1.165, 1.54) is 11.3 Å². The van der Waals surface area contributed by atoms with Gasteiger partial charge in [-0.2, -0.15) is 0 Å². The highest BCUT2D eigenvalue weighted by Gasteiger charge is 2.28. The molecule has 0 saturated carbocycles. The lowest BCUT2D eigenvalue weighted by atomic mass is 9.97. The zero-order chi connectivity index (χ0) is 21.2. The predicted molar refractivity (Wildman–Crippen MR) is 125 cm³/mol. The van der Waals surface area contributed by atoms with Gasteiger partial charge < -0.3 is 15.0 Å². The van der Waals surface area contributed by atoms with Crippen molar-refractivity contribution in [1.29, 1.82) is 0 Å². The van der Waals surface area contributed by atoms with Gasteiger partial charge in [-0.3, -0.25) is 9.78 Å². The molecule has 5 rings (SSSR count). The minimum absolute atomic E-state index is 0.0135. The molecular formula is C22H21N5O2S2. The Morgan fingerprint density at radius 2 is 2.23 bits per heavy atom. The molecule has 0 spiro atoms. The van der Waals surface area contributed by atoms with E-state index in [0.29, 0.717) is 11.7 Å². The fourth-order valence-corrected chi connectivity index (χ4v) is 5.46. The topological polar surface area (TPSA) is 80.2 Å². The number of piperidine rings is 1. The van der Waals surface area contributed by atoms with Crippen molar-refractivity contribution in [2.45, 2.75) is 12.8 Å². The van der Waals surface area contributed by atoms with Gasteiger partial charge in [-0.05, 0) is 43.2 Å². The van der Waals surface area contributed by atoms with Crippen molar-refractivity contribution in [3.05, 3.63) is 48.1 Å². The SMILES string of the molecule is COc1ccc2nc(N3CCCC(C(=O)Nc4nc(-c5cccnc5)cs4)C3)sc2c1. The third kappa shape index (κ3) is 4.24. The molecule has 158 valence electrons. The van der Waals surface area contributed by atoms with Crippen LogP contribution in [0, 0.1) is 5.92 Å². The predicted octanol–water partition coefficient (Wildman–Crippen LogP) is 4.68. The second-order valence-electron chi connectivity index (χ2n) is 7.38. The average Bonchev–Trinajstić information content (AvgIpc) is 3.46. The summed E-state index contributed by atoms with van der Waals surface area (Å²) in [6.45, 7) is 1.56. The Morgan fingerprint density at radius 3 is 3.06 bits per heavy atom. The first-order valence-electron chi connectivity index (χ1n) is 10.1. The highest BCUT2D eigenvalue weighted by Crippen LogP contribution is 2.34. The van der Waals surface area contributed by atoms with Crippen molar-refractivity contribution in [2.75, 3.05) is 30.4 Å². The Morgan fingerprint density at radius 1 is 1.29 bits per heavy atom. The van der Waals surface area contributed by atoms with E-state index in [1.54, 1.807) is 30.8 Å². The monoisotopic (exact) mass is 451 g/mol. The fourth-order valence-electron chi connectivity index (χ4n) is 3.71. The van der Waals surface area contributed by atoms with Gasteiger partial charge in [0.15, 0.2) is 10.3 Å². The molecule has 0 aliphatic carbocycles. The number of thiazole rings is 2. The normalized spacial score (nSPS) is 16.4. The number of nitrogens with one attached hydrogen (secondary N) is 1. The van der Waals surface area contributed by atoms with Gasteiger partial charge >= 0.3 is 0 Å². The number of ether oxygens (including phenoxy) is 1. The average molecular weight is 452 g/mol. The van der Waals surface area contributed by atoms with Gasteiger partial charge in [0.25, 0.3) is 0 Å². The summed E-state index contributed by atoms with van der Waals surface area (Å²) in [6.07, 6.45) is 5.32. The van der Waals surface area contributed by atoms with Crippen LogP contribution in [-0.2, 0) is 4.79 Å². The van der Waals surface area contributed by atoms with Crippen LogP contribution in [0.3, 0.4) is 0 Å². The van der Waals surface area contributed by atoms with E-state index in [-0.39, 0.29) is 11.8 Å². The number of aromatic nitrogens is 3. The number of rotatable bonds is 5. The van der Waals surface area contributed by atoms with Crippen LogP contribution in [-0.4, -0.2) is 41.1 Å². The summed E-state index contributed by atoms with van der Waals surface area (Å²) in [5.74, 6) is 0.744. The van der Waals surface area contributed by atoms with E-state index < -0.39 is 0 Å². The molecule has 1 aromatic carbocycles. The van der Waals surface area contributed by atoms with E-state index in [4.69, 9.17) is 9.72 Å². The molecule has 4 heterocycles. The van der Waals surface area contributed by atoms with Crippen LogP contribution in [0.2, 0.25) is 0 Å². The number of benzene rings is 1. The third-order valence-electron chi connectivity index (χ3n) is 5.34. The molecule has 3 aromatic heterocycles. The van der Waals surface area contributed by atoms with Gasteiger partial charge in [-0.15, -0.1) is 11.3 Å². The molecule has 31 heavy (non-hydrogen) atoms. The molecule has 1 fully saturated rings.